The lowest BCUT2D eigenvalue weighted by molar-refractivity contribution is 0.0505. The van der Waals surface area contributed by atoms with Crippen LogP contribution in [-0.4, -0.2) is 25.8 Å². The number of ether oxygens (including phenoxy) is 3. The van der Waals surface area contributed by atoms with Gasteiger partial charge in [0.15, 0.2) is 17.3 Å². The minimum Gasteiger partial charge on any atom is -0.490 e. The van der Waals surface area contributed by atoms with Gasteiger partial charge in [0.1, 0.15) is 0 Å². The molecule has 0 saturated carbocycles. The summed E-state index contributed by atoms with van der Waals surface area (Å²) >= 11 is 0. The quantitative estimate of drug-likeness (QED) is 0.616. The molecule has 0 unspecified atom stereocenters. The van der Waals surface area contributed by atoms with Crippen LogP contribution in [0.3, 0.4) is 0 Å². The fraction of sp³-hybridized carbons (Fsp3) is 0.500. The smallest absolute Gasteiger partial charge is 0.340 e. The molecule has 2 N–H and O–H groups in total. The number of nitrogen functional groups attached to an aromatic ring is 1. The normalized spacial score (nSPS) is 10.2. The van der Waals surface area contributed by atoms with Crippen molar-refractivity contribution in [1.29, 1.82) is 0 Å². The minimum atomic E-state index is -0.804. The van der Waals surface area contributed by atoms with E-state index >= 15 is 0 Å². The van der Waals surface area contributed by atoms with Gasteiger partial charge in [-0.15, -0.1) is 0 Å². The lowest BCUT2D eigenvalue weighted by Crippen LogP contribution is -2.12. The number of hydrogen-bond donors (Lipinski definition) is 1. The Kier molecular flexibility index (Phi) is 6.09. The third kappa shape index (κ3) is 3.53. The van der Waals surface area contributed by atoms with Gasteiger partial charge in [-0.25, -0.2) is 9.18 Å². The van der Waals surface area contributed by atoms with Crippen LogP contribution in [0.1, 0.15) is 37.6 Å². The molecule has 0 atom stereocenters. The Morgan fingerprint density at radius 3 is 2.45 bits per heavy atom. The molecule has 1 rings (SSSR count). The van der Waals surface area contributed by atoms with E-state index in [0.717, 1.165) is 0 Å². The fourth-order valence-corrected chi connectivity index (χ4v) is 1.61. The molecular formula is C14H20FNO4. The third-order valence-corrected chi connectivity index (χ3v) is 2.47. The van der Waals surface area contributed by atoms with Crippen LogP contribution in [0.4, 0.5) is 10.1 Å². The highest BCUT2D eigenvalue weighted by atomic mass is 19.1. The first-order valence-electron chi connectivity index (χ1n) is 6.61. The van der Waals surface area contributed by atoms with Crippen LogP contribution >= 0.6 is 0 Å². The molecule has 112 valence electrons. The highest BCUT2D eigenvalue weighted by Gasteiger charge is 2.23. The standard InChI is InChI=1S/C14H20FNO4/c1-4-7-20-14(17)9-8-10(18-5-2)13(19-6-3)11(15)12(9)16/h8H,4-7,16H2,1-3H3. The van der Waals surface area contributed by atoms with E-state index in [9.17, 15) is 9.18 Å². The largest absolute Gasteiger partial charge is 0.490 e. The van der Waals surface area contributed by atoms with Crippen molar-refractivity contribution in [2.45, 2.75) is 27.2 Å². The number of hydrogen-bond acceptors (Lipinski definition) is 5. The molecule has 0 radical (unpaired) electrons. The van der Waals surface area contributed by atoms with Crippen molar-refractivity contribution in [3.8, 4) is 11.5 Å². The van der Waals surface area contributed by atoms with E-state index < -0.39 is 11.8 Å². The molecule has 1 aromatic rings. The van der Waals surface area contributed by atoms with Crippen LogP contribution in [0, 0.1) is 5.82 Å². The Morgan fingerprint density at radius 1 is 1.25 bits per heavy atom. The second kappa shape index (κ2) is 7.57. The van der Waals surface area contributed by atoms with Crippen LogP contribution in [-0.2, 0) is 4.74 Å². The summed E-state index contributed by atoms with van der Waals surface area (Å²) in [4.78, 5) is 11.8. The van der Waals surface area contributed by atoms with Crippen molar-refractivity contribution in [1.82, 2.24) is 0 Å². The number of halogens is 1. The molecular weight excluding hydrogens is 265 g/mol. The van der Waals surface area contributed by atoms with Gasteiger partial charge in [-0.1, -0.05) is 6.92 Å². The number of carbonyl (C=O) groups is 1. The molecule has 0 aliphatic rings. The summed E-state index contributed by atoms with van der Waals surface area (Å²) in [6, 6.07) is 1.35. The summed E-state index contributed by atoms with van der Waals surface area (Å²) in [7, 11) is 0. The fourth-order valence-electron chi connectivity index (χ4n) is 1.61. The molecule has 0 heterocycles. The van der Waals surface area contributed by atoms with Crippen LogP contribution < -0.4 is 15.2 Å². The van der Waals surface area contributed by atoms with Gasteiger partial charge in [-0.2, -0.15) is 0 Å². The van der Waals surface area contributed by atoms with Gasteiger partial charge >= 0.3 is 5.97 Å². The molecule has 0 aromatic heterocycles. The van der Waals surface area contributed by atoms with Gasteiger partial charge < -0.3 is 19.9 Å². The molecule has 0 aliphatic carbocycles. The number of anilines is 1. The molecule has 0 spiro atoms. The molecule has 0 bridgehead atoms. The monoisotopic (exact) mass is 285 g/mol. The van der Waals surface area contributed by atoms with E-state index in [1.54, 1.807) is 13.8 Å². The zero-order valence-corrected chi connectivity index (χ0v) is 12.0. The Labute approximate surface area is 117 Å². The summed E-state index contributed by atoms with van der Waals surface area (Å²) in [5, 5.41) is 0. The average molecular weight is 285 g/mol. The van der Waals surface area contributed by atoms with Gasteiger partial charge in [0.25, 0.3) is 0 Å². The van der Waals surface area contributed by atoms with Crippen molar-refractivity contribution in [3.05, 3.63) is 17.4 Å². The molecule has 6 heteroatoms. The zero-order chi connectivity index (χ0) is 15.1. The lowest BCUT2D eigenvalue weighted by Gasteiger charge is -2.15. The van der Waals surface area contributed by atoms with Crippen molar-refractivity contribution < 1.29 is 23.4 Å². The maximum Gasteiger partial charge on any atom is 0.340 e. The van der Waals surface area contributed by atoms with Gasteiger partial charge in [-0.3, -0.25) is 0 Å². The predicted molar refractivity (Wildman–Crippen MR) is 73.7 cm³/mol. The Balaban J connectivity index is 3.22. The first-order chi connectivity index (χ1) is 9.56. The van der Waals surface area contributed by atoms with Crippen LogP contribution in [0.15, 0.2) is 6.07 Å². The van der Waals surface area contributed by atoms with Crippen molar-refractivity contribution in [2.75, 3.05) is 25.6 Å². The van der Waals surface area contributed by atoms with E-state index in [2.05, 4.69) is 0 Å². The minimum absolute atomic E-state index is 0.0529. The van der Waals surface area contributed by atoms with Gasteiger partial charge in [0.2, 0.25) is 0 Å². The maximum absolute atomic E-state index is 14.2. The van der Waals surface area contributed by atoms with E-state index in [4.69, 9.17) is 19.9 Å². The Bertz CT molecular complexity index is 477. The van der Waals surface area contributed by atoms with Crippen LogP contribution in [0.2, 0.25) is 0 Å². The lowest BCUT2D eigenvalue weighted by atomic mass is 10.1. The second-order valence-electron chi connectivity index (χ2n) is 3.98. The third-order valence-electron chi connectivity index (χ3n) is 2.47. The zero-order valence-electron chi connectivity index (χ0n) is 12.0. The van der Waals surface area contributed by atoms with Crippen molar-refractivity contribution >= 4 is 11.7 Å². The van der Waals surface area contributed by atoms with Crippen molar-refractivity contribution in [3.63, 3.8) is 0 Å². The molecule has 0 aliphatic heterocycles. The van der Waals surface area contributed by atoms with Crippen molar-refractivity contribution in [2.24, 2.45) is 0 Å². The highest BCUT2D eigenvalue weighted by Crippen LogP contribution is 2.37. The van der Waals surface area contributed by atoms with E-state index in [0.29, 0.717) is 13.0 Å². The number of nitrogens with two attached hydrogens (primary N) is 1. The number of carbonyl (C=O) groups excluding carboxylic acids is 1. The van der Waals surface area contributed by atoms with E-state index in [-0.39, 0.29) is 36.0 Å². The number of rotatable bonds is 7. The first-order valence-corrected chi connectivity index (χ1v) is 6.61. The Hall–Kier alpha value is -1.98. The topological polar surface area (TPSA) is 70.8 Å². The first kappa shape index (κ1) is 16.1. The summed E-state index contributed by atoms with van der Waals surface area (Å²) < 4.78 is 29.6. The Morgan fingerprint density at radius 2 is 1.90 bits per heavy atom. The number of esters is 1. The highest BCUT2D eigenvalue weighted by molar-refractivity contribution is 5.96. The average Bonchev–Trinajstić information content (AvgIpc) is 2.44. The molecule has 0 fully saturated rings. The van der Waals surface area contributed by atoms with Gasteiger partial charge in [0, 0.05) is 6.07 Å². The predicted octanol–water partition coefficient (Wildman–Crippen LogP) is 2.77. The second-order valence-corrected chi connectivity index (χ2v) is 3.98. The maximum atomic E-state index is 14.2. The summed E-state index contributed by atoms with van der Waals surface area (Å²) in [5.41, 5.74) is 5.29. The molecule has 0 amide bonds. The van der Waals surface area contributed by atoms with Crippen LogP contribution in [0.5, 0.6) is 11.5 Å². The number of benzene rings is 1. The van der Waals surface area contributed by atoms with Gasteiger partial charge in [-0.05, 0) is 20.3 Å². The summed E-state index contributed by atoms with van der Waals surface area (Å²) in [6.07, 6.45) is 0.670. The van der Waals surface area contributed by atoms with Crippen LogP contribution in [0.25, 0.3) is 0 Å². The summed E-state index contributed by atoms with van der Waals surface area (Å²) in [6.45, 7) is 6.15. The molecule has 20 heavy (non-hydrogen) atoms. The molecule has 1 aromatic carbocycles. The van der Waals surface area contributed by atoms with E-state index in [1.807, 2.05) is 6.92 Å². The SMILES string of the molecule is CCCOC(=O)c1cc(OCC)c(OCC)c(F)c1N. The van der Waals surface area contributed by atoms with Gasteiger partial charge in [0.05, 0.1) is 31.1 Å². The molecule has 0 saturated heterocycles. The van der Waals surface area contributed by atoms with E-state index in [1.165, 1.54) is 6.07 Å². The molecule has 5 nitrogen and oxygen atoms in total. The summed E-state index contributed by atoms with van der Waals surface area (Å²) in [5.74, 6) is -1.42.